The van der Waals surface area contributed by atoms with E-state index in [-0.39, 0.29) is 17.6 Å². The highest BCUT2D eigenvalue weighted by molar-refractivity contribution is 5.89. The van der Waals surface area contributed by atoms with E-state index < -0.39 is 11.6 Å². The minimum atomic E-state index is -0.590. The van der Waals surface area contributed by atoms with E-state index in [4.69, 9.17) is 9.47 Å². The van der Waals surface area contributed by atoms with E-state index in [1.165, 1.54) is 22.9 Å². The molecular weight excluding hydrogens is 355 g/mol. The average Bonchev–Trinajstić information content (AvgIpc) is 3.23. The molecule has 3 rings (SSSR count). The summed E-state index contributed by atoms with van der Waals surface area (Å²) < 4.78 is 26.5. The van der Waals surface area contributed by atoms with Gasteiger partial charge in [0.1, 0.15) is 11.5 Å². The zero-order valence-electron chi connectivity index (χ0n) is 15.5. The summed E-state index contributed by atoms with van der Waals surface area (Å²) in [6.07, 6.45) is 0.673. The molecule has 1 saturated heterocycles. The van der Waals surface area contributed by atoms with Gasteiger partial charge in [-0.15, -0.1) is 5.10 Å². The fourth-order valence-corrected chi connectivity index (χ4v) is 3.03. The predicted octanol–water partition coefficient (Wildman–Crippen LogP) is 2.02. The number of nitrogens with one attached hydrogen (secondary N) is 2. The molecule has 9 nitrogen and oxygen atoms in total. The van der Waals surface area contributed by atoms with E-state index in [0.29, 0.717) is 37.7 Å². The third-order valence-corrected chi connectivity index (χ3v) is 4.29. The minimum absolute atomic E-state index is 0.159. The van der Waals surface area contributed by atoms with Crippen molar-refractivity contribution >= 4 is 11.7 Å². The fourth-order valence-electron chi connectivity index (χ4n) is 3.03. The van der Waals surface area contributed by atoms with Gasteiger partial charge in [0.2, 0.25) is 0 Å². The van der Waals surface area contributed by atoms with Gasteiger partial charge < -0.3 is 20.1 Å². The Kier molecular flexibility index (Phi) is 5.66. The standard InChI is InChI=1S/C17H23FN6O3/c1-11(9-17(3)26-6-7-27-17)10-19-16(25)20-13-4-5-14(18)15(8-13)24-12(2)21-22-23-24/h4-5,8,11H,6-7,9-10H2,1-3H3,(H2,19,20,25)/t11-/m0/s1. The number of anilines is 1. The Morgan fingerprint density at radius 1 is 1.41 bits per heavy atom. The highest BCUT2D eigenvalue weighted by Gasteiger charge is 2.32. The molecule has 2 heterocycles. The zero-order valence-corrected chi connectivity index (χ0v) is 15.5. The van der Waals surface area contributed by atoms with Crippen LogP contribution in [0.25, 0.3) is 5.69 Å². The number of carbonyl (C=O) groups is 1. The number of halogens is 1. The Hall–Kier alpha value is -2.59. The van der Waals surface area contributed by atoms with Crippen LogP contribution in [0.4, 0.5) is 14.9 Å². The molecule has 0 spiro atoms. The second-order valence-corrected chi connectivity index (χ2v) is 6.78. The van der Waals surface area contributed by atoms with E-state index in [9.17, 15) is 9.18 Å². The molecule has 2 aromatic rings. The summed E-state index contributed by atoms with van der Waals surface area (Å²) in [6, 6.07) is 3.82. The van der Waals surface area contributed by atoms with E-state index >= 15 is 0 Å². The van der Waals surface area contributed by atoms with Crippen LogP contribution in [0.3, 0.4) is 0 Å². The van der Waals surface area contributed by atoms with Crippen molar-refractivity contribution in [3.05, 3.63) is 29.8 Å². The van der Waals surface area contributed by atoms with Crippen LogP contribution < -0.4 is 10.6 Å². The first-order chi connectivity index (χ1) is 12.9. The minimum Gasteiger partial charge on any atom is -0.348 e. The molecule has 27 heavy (non-hydrogen) atoms. The maximum Gasteiger partial charge on any atom is 0.319 e. The van der Waals surface area contributed by atoms with Gasteiger partial charge in [-0.3, -0.25) is 0 Å². The van der Waals surface area contributed by atoms with Crippen LogP contribution in [0.1, 0.15) is 26.1 Å². The first-order valence-electron chi connectivity index (χ1n) is 8.74. The van der Waals surface area contributed by atoms with Gasteiger partial charge in [0.15, 0.2) is 11.6 Å². The SMILES string of the molecule is Cc1nnnn1-c1cc(NC(=O)NC[C@@H](C)CC2(C)OCCO2)ccc1F. The molecule has 1 fully saturated rings. The number of hydrogen-bond donors (Lipinski definition) is 2. The fraction of sp³-hybridized carbons (Fsp3) is 0.529. The summed E-state index contributed by atoms with van der Waals surface area (Å²) in [5.74, 6) is -0.483. The molecule has 0 aliphatic carbocycles. The molecular formula is C17H23FN6O3. The number of tetrazole rings is 1. The largest absolute Gasteiger partial charge is 0.348 e. The first-order valence-corrected chi connectivity index (χ1v) is 8.74. The second kappa shape index (κ2) is 7.97. The van der Waals surface area contributed by atoms with E-state index in [1.54, 1.807) is 6.92 Å². The van der Waals surface area contributed by atoms with E-state index in [1.807, 2.05) is 13.8 Å². The van der Waals surface area contributed by atoms with E-state index in [2.05, 4.69) is 26.2 Å². The number of ether oxygens (including phenoxy) is 2. The van der Waals surface area contributed by atoms with Crippen LogP contribution in [-0.2, 0) is 9.47 Å². The summed E-state index contributed by atoms with van der Waals surface area (Å²) >= 11 is 0. The summed E-state index contributed by atoms with van der Waals surface area (Å²) in [5.41, 5.74) is 0.591. The molecule has 1 aliphatic heterocycles. The Balaban J connectivity index is 1.56. The smallest absolute Gasteiger partial charge is 0.319 e. The number of carbonyl (C=O) groups excluding carboxylic acids is 1. The number of amides is 2. The third kappa shape index (κ3) is 4.77. The van der Waals surface area contributed by atoms with Crippen molar-refractivity contribution in [1.82, 2.24) is 25.5 Å². The van der Waals surface area contributed by atoms with Crippen molar-refractivity contribution in [2.75, 3.05) is 25.1 Å². The summed E-state index contributed by atoms with van der Waals surface area (Å²) in [7, 11) is 0. The van der Waals surface area contributed by atoms with Gasteiger partial charge in [-0.2, -0.15) is 4.68 Å². The van der Waals surface area contributed by atoms with Crippen LogP contribution in [0.2, 0.25) is 0 Å². The summed E-state index contributed by atoms with van der Waals surface area (Å²) in [5, 5.41) is 16.5. The van der Waals surface area contributed by atoms with Crippen LogP contribution in [0, 0.1) is 18.7 Å². The predicted molar refractivity (Wildman–Crippen MR) is 95.0 cm³/mol. The number of rotatable bonds is 6. The van der Waals surface area contributed by atoms with Gasteiger partial charge in [0.25, 0.3) is 0 Å². The number of aromatic nitrogens is 4. The monoisotopic (exact) mass is 378 g/mol. The lowest BCUT2D eigenvalue weighted by atomic mass is 10.0. The Morgan fingerprint density at radius 3 is 2.81 bits per heavy atom. The number of aryl methyl sites for hydroxylation is 1. The average molecular weight is 378 g/mol. The molecule has 0 radical (unpaired) electrons. The number of benzene rings is 1. The molecule has 1 aromatic carbocycles. The summed E-state index contributed by atoms with van der Waals surface area (Å²) in [4.78, 5) is 12.2. The molecule has 1 aliphatic rings. The van der Waals surface area contributed by atoms with Crippen molar-refractivity contribution in [1.29, 1.82) is 0 Å². The van der Waals surface area contributed by atoms with Crippen LogP contribution >= 0.6 is 0 Å². The van der Waals surface area contributed by atoms with Crippen molar-refractivity contribution < 1.29 is 18.7 Å². The van der Waals surface area contributed by atoms with Gasteiger partial charge >= 0.3 is 6.03 Å². The molecule has 0 bridgehead atoms. The molecule has 0 saturated carbocycles. The van der Waals surface area contributed by atoms with Gasteiger partial charge in [-0.25, -0.2) is 9.18 Å². The van der Waals surface area contributed by atoms with Gasteiger partial charge in [0.05, 0.1) is 13.2 Å². The van der Waals surface area contributed by atoms with Crippen molar-refractivity contribution in [3.8, 4) is 5.69 Å². The highest BCUT2D eigenvalue weighted by Crippen LogP contribution is 2.26. The summed E-state index contributed by atoms with van der Waals surface area (Å²) in [6.45, 7) is 7.19. The van der Waals surface area contributed by atoms with E-state index in [0.717, 1.165) is 0 Å². The molecule has 0 unspecified atom stereocenters. The van der Waals surface area contributed by atoms with Gasteiger partial charge in [-0.1, -0.05) is 6.92 Å². The quantitative estimate of drug-likeness (QED) is 0.797. The lowest BCUT2D eigenvalue weighted by Crippen LogP contribution is -2.36. The van der Waals surface area contributed by atoms with Crippen molar-refractivity contribution in [2.24, 2.45) is 5.92 Å². The van der Waals surface area contributed by atoms with Gasteiger partial charge in [-0.05, 0) is 48.4 Å². The Morgan fingerprint density at radius 2 is 2.15 bits per heavy atom. The topological polar surface area (TPSA) is 103 Å². The highest BCUT2D eigenvalue weighted by atomic mass is 19.1. The maximum atomic E-state index is 14.1. The second-order valence-electron chi connectivity index (χ2n) is 6.78. The number of urea groups is 1. The molecule has 1 aromatic heterocycles. The zero-order chi connectivity index (χ0) is 19.4. The van der Waals surface area contributed by atoms with Crippen LogP contribution in [-0.4, -0.2) is 51.8 Å². The van der Waals surface area contributed by atoms with Crippen LogP contribution in [0.15, 0.2) is 18.2 Å². The Labute approximate surface area is 156 Å². The van der Waals surface area contributed by atoms with Gasteiger partial charge in [0, 0.05) is 18.7 Å². The third-order valence-electron chi connectivity index (χ3n) is 4.29. The van der Waals surface area contributed by atoms with Crippen molar-refractivity contribution in [2.45, 2.75) is 33.0 Å². The number of nitrogens with zero attached hydrogens (tertiary/aromatic N) is 4. The molecule has 1 atom stereocenters. The Bertz CT molecular complexity index is 806. The molecule has 2 N–H and O–H groups in total. The molecule has 146 valence electrons. The number of hydrogen-bond acceptors (Lipinski definition) is 6. The first kappa shape index (κ1) is 19.2. The molecule has 2 amide bonds. The lowest BCUT2D eigenvalue weighted by Gasteiger charge is -2.26. The van der Waals surface area contributed by atoms with Crippen molar-refractivity contribution in [3.63, 3.8) is 0 Å². The molecule has 10 heteroatoms. The lowest BCUT2D eigenvalue weighted by molar-refractivity contribution is -0.153. The normalized spacial score (nSPS) is 16.9. The maximum absolute atomic E-state index is 14.1. The van der Waals surface area contributed by atoms with Crippen LogP contribution in [0.5, 0.6) is 0 Å².